The van der Waals surface area contributed by atoms with Crippen LogP contribution in [0.15, 0.2) is 54.7 Å². The summed E-state index contributed by atoms with van der Waals surface area (Å²) in [6.45, 7) is 1.92. The zero-order chi connectivity index (χ0) is 14.8. The van der Waals surface area contributed by atoms with E-state index in [4.69, 9.17) is 11.6 Å². The molecule has 0 aliphatic rings. The van der Waals surface area contributed by atoms with Gasteiger partial charge in [0.1, 0.15) is 0 Å². The molecule has 1 amide bonds. The third-order valence-corrected chi connectivity index (χ3v) is 3.88. The fraction of sp³-hybridized carbons (Fsp3) is 0.118. The predicted molar refractivity (Wildman–Crippen MR) is 85.6 cm³/mol. The highest BCUT2D eigenvalue weighted by Crippen LogP contribution is 2.22. The molecule has 1 unspecified atom stereocenters. The van der Waals surface area contributed by atoms with Crippen molar-refractivity contribution in [2.75, 3.05) is 0 Å². The van der Waals surface area contributed by atoms with Crippen molar-refractivity contribution in [3.8, 4) is 0 Å². The van der Waals surface area contributed by atoms with E-state index in [0.717, 1.165) is 16.5 Å². The van der Waals surface area contributed by atoms with Crippen molar-refractivity contribution in [1.29, 1.82) is 0 Å². The third kappa shape index (κ3) is 2.78. The van der Waals surface area contributed by atoms with Crippen molar-refractivity contribution in [2.45, 2.75) is 13.0 Å². The Morgan fingerprint density at radius 3 is 2.81 bits per heavy atom. The van der Waals surface area contributed by atoms with Crippen LogP contribution >= 0.6 is 11.6 Å². The summed E-state index contributed by atoms with van der Waals surface area (Å²) in [7, 11) is 0. The van der Waals surface area contributed by atoms with Crippen LogP contribution < -0.4 is 5.32 Å². The van der Waals surface area contributed by atoms with E-state index in [0.29, 0.717) is 10.6 Å². The lowest BCUT2D eigenvalue weighted by Crippen LogP contribution is -2.26. The standard InChI is InChI=1S/C17H15ClN2O/c1-11(14-4-2-3-5-15(14)18)20-17(21)13-6-7-16-12(10-13)8-9-19-16/h2-11,19H,1H3,(H,20,21). The molecule has 0 saturated carbocycles. The van der Waals surface area contributed by atoms with Crippen molar-refractivity contribution in [2.24, 2.45) is 0 Å². The van der Waals surface area contributed by atoms with Crippen molar-refractivity contribution >= 4 is 28.4 Å². The van der Waals surface area contributed by atoms with Gasteiger partial charge in [-0.3, -0.25) is 4.79 Å². The quantitative estimate of drug-likeness (QED) is 0.743. The van der Waals surface area contributed by atoms with Crippen LogP contribution in [0.25, 0.3) is 10.9 Å². The molecule has 1 heterocycles. The average molecular weight is 299 g/mol. The summed E-state index contributed by atoms with van der Waals surface area (Å²) in [6, 6.07) is 14.9. The first-order chi connectivity index (χ1) is 10.1. The van der Waals surface area contributed by atoms with Crippen LogP contribution in [0, 0.1) is 0 Å². The van der Waals surface area contributed by atoms with Crippen molar-refractivity contribution in [3.05, 3.63) is 70.9 Å². The van der Waals surface area contributed by atoms with Crippen LogP contribution in [0.1, 0.15) is 28.9 Å². The summed E-state index contributed by atoms with van der Waals surface area (Å²) in [5.74, 6) is -0.106. The number of H-pyrrole nitrogens is 1. The van der Waals surface area contributed by atoms with E-state index >= 15 is 0 Å². The zero-order valence-corrected chi connectivity index (χ0v) is 12.3. The van der Waals surface area contributed by atoms with Gasteiger partial charge >= 0.3 is 0 Å². The van der Waals surface area contributed by atoms with Gasteiger partial charge in [-0.2, -0.15) is 0 Å². The number of carbonyl (C=O) groups is 1. The van der Waals surface area contributed by atoms with Gasteiger partial charge in [0.2, 0.25) is 0 Å². The van der Waals surface area contributed by atoms with Crippen molar-refractivity contribution in [1.82, 2.24) is 10.3 Å². The second kappa shape index (κ2) is 5.62. The fourth-order valence-corrected chi connectivity index (χ4v) is 2.68. The van der Waals surface area contributed by atoms with E-state index in [1.807, 2.05) is 61.7 Å². The first-order valence-corrected chi connectivity index (χ1v) is 7.15. The van der Waals surface area contributed by atoms with Gasteiger partial charge in [-0.25, -0.2) is 0 Å². The van der Waals surface area contributed by atoms with Crippen molar-refractivity contribution < 1.29 is 4.79 Å². The molecular formula is C17H15ClN2O. The number of amides is 1. The molecule has 106 valence electrons. The van der Waals surface area contributed by atoms with Gasteiger partial charge in [-0.1, -0.05) is 29.8 Å². The molecule has 0 bridgehead atoms. The molecule has 1 aromatic heterocycles. The van der Waals surface area contributed by atoms with E-state index in [2.05, 4.69) is 10.3 Å². The highest BCUT2D eigenvalue weighted by molar-refractivity contribution is 6.31. The maximum Gasteiger partial charge on any atom is 0.251 e. The Morgan fingerprint density at radius 1 is 1.19 bits per heavy atom. The number of aromatic amines is 1. The van der Waals surface area contributed by atoms with Gasteiger partial charge in [0.25, 0.3) is 5.91 Å². The normalized spacial score (nSPS) is 12.3. The maximum absolute atomic E-state index is 12.3. The van der Waals surface area contributed by atoms with Crippen molar-refractivity contribution in [3.63, 3.8) is 0 Å². The molecule has 2 aromatic carbocycles. The lowest BCUT2D eigenvalue weighted by Gasteiger charge is -2.15. The monoisotopic (exact) mass is 298 g/mol. The SMILES string of the molecule is CC(NC(=O)c1ccc2[nH]ccc2c1)c1ccccc1Cl. The Hall–Kier alpha value is -2.26. The van der Waals surface area contributed by atoms with Gasteiger partial charge in [0.05, 0.1) is 6.04 Å². The molecule has 2 N–H and O–H groups in total. The van der Waals surface area contributed by atoms with Crippen LogP contribution in [0.2, 0.25) is 5.02 Å². The summed E-state index contributed by atoms with van der Waals surface area (Å²) >= 11 is 6.16. The second-order valence-electron chi connectivity index (χ2n) is 5.00. The smallest absolute Gasteiger partial charge is 0.251 e. The molecule has 0 saturated heterocycles. The fourth-order valence-electron chi connectivity index (χ4n) is 2.38. The Labute approximate surface area is 127 Å². The minimum Gasteiger partial charge on any atom is -0.361 e. The summed E-state index contributed by atoms with van der Waals surface area (Å²) in [5.41, 5.74) is 2.57. The number of benzene rings is 2. The van der Waals surface area contributed by atoms with Gasteiger partial charge in [-0.05, 0) is 42.8 Å². The number of fused-ring (bicyclic) bond motifs is 1. The number of carbonyl (C=O) groups excluding carboxylic acids is 1. The van der Waals surface area contributed by atoms with Crippen LogP contribution in [-0.2, 0) is 0 Å². The molecule has 21 heavy (non-hydrogen) atoms. The van der Waals surface area contributed by atoms with E-state index in [1.165, 1.54) is 0 Å². The lowest BCUT2D eigenvalue weighted by molar-refractivity contribution is 0.0940. The van der Waals surface area contributed by atoms with Gasteiger partial charge < -0.3 is 10.3 Å². The van der Waals surface area contributed by atoms with E-state index in [1.54, 1.807) is 0 Å². The largest absolute Gasteiger partial charge is 0.361 e. The maximum atomic E-state index is 12.3. The number of nitrogens with one attached hydrogen (secondary N) is 2. The molecule has 3 aromatic rings. The molecular weight excluding hydrogens is 284 g/mol. The molecule has 0 aliphatic carbocycles. The Bertz CT molecular complexity index is 794. The third-order valence-electron chi connectivity index (χ3n) is 3.53. The molecule has 0 spiro atoms. The molecule has 1 atom stereocenters. The van der Waals surface area contributed by atoms with Gasteiger partial charge in [0, 0.05) is 27.7 Å². The summed E-state index contributed by atoms with van der Waals surface area (Å²) in [5, 5.41) is 4.66. The molecule has 3 rings (SSSR count). The van der Waals surface area contributed by atoms with Crippen LogP contribution in [0.5, 0.6) is 0 Å². The van der Waals surface area contributed by atoms with Crippen LogP contribution in [-0.4, -0.2) is 10.9 Å². The molecule has 4 heteroatoms. The molecule has 0 fully saturated rings. The topological polar surface area (TPSA) is 44.9 Å². The second-order valence-corrected chi connectivity index (χ2v) is 5.40. The number of aromatic nitrogens is 1. The first kappa shape index (κ1) is 13.7. The number of hydrogen-bond donors (Lipinski definition) is 2. The zero-order valence-electron chi connectivity index (χ0n) is 11.6. The Kier molecular flexibility index (Phi) is 3.67. The van der Waals surface area contributed by atoms with Gasteiger partial charge in [-0.15, -0.1) is 0 Å². The van der Waals surface area contributed by atoms with E-state index in [9.17, 15) is 4.79 Å². The van der Waals surface area contributed by atoms with E-state index in [-0.39, 0.29) is 11.9 Å². The highest BCUT2D eigenvalue weighted by atomic mass is 35.5. The lowest BCUT2D eigenvalue weighted by atomic mass is 10.1. The summed E-state index contributed by atoms with van der Waals surface area (Å²) in [6.07, 6.45) is 1.86. The minimum absolute atomic E-state index is 0.106. The number of hydrogen-bond acceptors (Lipinski definition) is 1. The first-order valence-electron chi connectivity index (χ1n) is 6.77. The van der Waals surface area contributed by atoms with Crippen LogP contribution in [0.4, 0.5) is 0 Å². The highest BCUT2D eigenvalue weighted by Gasteiger charge is 2.14. The Morgan fingerprint density at radius 2 is 2.00 bits per heavy atom. The minimum atomic E-state index is -0.145. The molecule has 0 radical (unpaired) electrons. The van der Waals surface area contributed by atoms with Gasteiger partial charge in [0.15, 0.2) is 0 Å². The summed E-state index contributed by atoms with van der Waals surface area (Å²) in [4.78, 5) is 15.5. The predicted octanol–water partition coefficient (Wildman–Crippen LogP) is 4.31. The van der Waals surface area contributed by atoms with E-state index < -0.39 is 0 Å². The molecule has 3 nitrogen and oxygen atoms in total. The number of halogens is 1. The molecule has 0 aliphatic heterocycles. The average Bonchev–Trinajstić information content (AvgIpc) is 2.94. The Balaban J connectivity index is 1.81. The summed E-state index contributed by atoms with van der Waals surface area (Å²) < 4.78 is 0. The van der Waals surface area contributed by atoms with Crippen LogP contribution in [0.3, 0.4) is 0 Å². The number of rotatable bonds is 3.